The number of thioether (sulfide) groups is 1. The number of amides is 1. The lowest BCUT2D eigenvalue weighted by Gasteiger charge is -1.98. The lowest BCUT2D eigenvalue weighted by molar-refractivity contribution is -0.115. The molecule has 3 rings (SSSR count). The highest BCUT2D eigenvalue weighted by Gasteiger charge is 2.10. The number of hydrogen-bond donors (Lipinski definition) is 2. The predicted octanol–water partition coefficient (Wildman–Crippen LogP) is 4.42. The van der Waals surface area contributed by atoms with Crippen LogP contribution in [0.2, 0.25) is 0 Å². The highest BCUT2D eigenvalue weighted by Crippen LogP contribution is 2.35. The van der Waals surface area contributed by atoms with Crippen LogP contribution < -0.4 is 0 Å². The first-order valence-electron chi connectivity index (χ1n) is 7.10. The van der Waals surface area contributed by atoms with Gasteiger partial charge in [0.05, 0.1) is 11.3 Å². The summed E-state index contributed by atoms with van der Waals surface area (Å²) in [6.45, 7) is 0. The van der Waals surface area contributed by atoms with E-state index in [4.69, 9.17) is 0 Å². The Morgan fingerprint density at radius 1 is 1.09 bits per heavy atom. The van der Waals surface area contributed by atoms with E-state index < -0.39 is 0 Å². The van der Waals surface area contributed by atoms with Crippen LogP contribution in [0.3, 0.4) is 0 Å². The molecule has 0 atom stereocenters. The Hall–Kier alpha value is -2.60. The summed E-state index contributed by atoms with van der Waals surface area (Å²) in [6, 6.07) is 17.3. The second-order valence-corrected chi connectivity index (χ2v) is 5.93. The lowest BCUT2D eigenvalue weighted by atomic mass is 10.2. The maximum absolute atomic E-state index is 11.8. The Labute approximate surface area is 137 Å². The molecule has 0 saturated heterocycles. The molecule has 116 valence electrons. The summed E-state index contributed by atoms with van der Waals surface area (Å²) in [4.78, 5) is 14.6. The predicted molar refractivity (Wildman–Crippen MR) is 92.1 cm³/mol. The van der Waals surface area contributed by atoms with Gasteiger partial charge in [0.15, 0.2) is 5.69 Å². The van der Waals surface area contributed by atoms with Gasteiger partial charge in [-0.15, -0.1) is 22.0 Å². The van der Waals surface area contributed by atoms with E-state index in [0.717, 1.165) is 22.2 Å². The minimum atomic E-state index is -0.324. The molecule has 0 aliphatic rings. The standard InChI is InChI=1S/C17H15N3O2S/c21-15(11-23-10-12-6-2-1-3-7-12)19-20-16-13-8-4-5-9-14(13)18-17(16)22/h1-9,18,22H,10-11H2. The lowest BCUT2D eigenvalue weighted by Crippen LogP contribution is -1.96. The molecule has 2 aromatic carbocycles. The van der Waals surface area contributed by atoms with Crippen LogP contribution in [0.5, 0.6) is 5.88 Å². The van der Waals surface area contributed by atoms with E-state index in [0.29, 0.717) is 5.69 Å². The van der Waals surface area contributed by atoms with Crippen LogP contribution in [0.25, 0.3) is 10.9 Å². The molecule has 0 spiro atoms. The van der Waals surface area contributed by atoms with E-state index in [2.05, 4.69) is 15.2 Å². The second kappa shape index (κ2) is 7.11. The molecular weight excluding hydrogens is 310 g/mol. The minimum Gasteiger partial charge on any atom is -0.493 e. The number of carbonyl (C=O) groups excluding carboxylic acids is 1. The van der Waals surface area contributed by atoms with E-state index in [1.807, 2.05) is 54.6 Å². The molecule has 0 aliphatic heterocycles. The Balaban J connectivity index is 1.60. The van der Waals surface area contributed by atoms with Crippen molar-refractivity contribution in [2.24, 2.45) is 10.2 Å². The van der Waals surface area contributed by atoms with Crippen LogP contribution >= 0.6 is 11.8 Å². The van der Waals surface area contributed by atoms with Crippen LogP contribution in [0.4, 0.5) is 5.69 Å². The molecule has 1 aromatic heterocycles. The molecule has 23 heavy (non-hydrogen) atoms. The average molecular weight is 325 g/mol. The minimum absolute atomic E-state index is 0.0836. The number of hydrogen-bond acceptors (Lipinski definition) is 4. The summed E-state index contributed by atoms with van der Waals surface area (Å²) in [6.07, 6.45) is 0. The number of fused-ring (bicyclic) bond motifs is 1. The normalized spacial score (nSPS) is 11.3. The van der Waals surface area contributed by atoms with Crippen molar-refractivity contribution < 1.29 is 9.90 Å². The molecule has 0 aliphatic carbocycles. The highest BCUT2D eigenvalue weighted by atomic mass is 32.2. The number of aromatic hydroxyl groups is 1. The molecule has 1 heterocycles. The number of rotatable bonds is 5. The summed E-state index contributed by atoms with van der Waals surface area (Å²) in [5.74, 6) is 0.595. The molecule has 1 amide bonds. The number of azo groups is 1. The van der Waals surface area contributed by atoms with Gasteiger partial charge in [-0.1, -0.05) is 48.5 Å². The molecular formula is C17H15N3O2S. The van der Waals surface area contributed by atoms with Gasteiger partial charge in [0, 0.05) is 11.1 Å². The summed E-state index contributed by atoms with van der Waals surface area (Å²) in [5.41, 5.74) is 2.21. The largest absolute Gasteiger partial charge is 0.493 e. The van der Waals surface area contributed by atoms with Gasteiger partial charge in [0.25, 0.3) is 5.91 Å². The van der Waals surface area contributed by atoms with Crippen molar-refractivity contribution in [3.05, 3.63) is 60.2 Å². The summed E-state index contributed by atoms with van der Waals surface area (Å²) < 4.78 is 0. The molecule has 6 heteroatoms. The highest BCUT2D eigenvalue weighted by molar-refractivity contribution is 7.99. The zero-order valence-corrected chi connectivity index (χ0v) is 13.1. The van der Waals surface area contributed by atoms with Crippen molar-refractivity contribution in [3.63, 3.8) is 0 Å². The number of aromatic nitrogens is 1. The molecule has 0 fully saturated rings. The van der Waals surface area contributed by atoms with Gasteiger partial charge in [-0.25, -0.2) is 0 Å². The van der Waals surface area contributed by atoms with E-state index in [1.165, 1.54) is 11.8 Å². The number of H-pyrrole nitrogens is 1. The fraction of sp³-hybridized carbons (Fsp3) is 0.118. The molecule has 2 N–H and O–H groups in total. The first-order valence-corrected chi connectivity index (χ1v) is 8.25. The third-order valence-electron chi connectivity index (χ3n) is 3.26. The van der Waals surface area contributed by atoms with Crippen molar-refractivity contribution in [1.29, 1.82) is 0 Å². The van der Waals surface area contributed by atoms with Crippen molar-refractivity contribution in [2.75, 3.05) is 5.75 Å². The third-order valence-corrected chi connectivity index (χ3v) is 4.25. The average Bonchev–Trinajstić information content (AvgIpc) is 2.89. The number of nitrogens with one attached hydrogen (secondary N) is 1. The Kier molecular flexibility index (Phi) is 4.73. The van der Waals surface area contributed by atoms with Crippen LogP contribution in [0.1, 0.15) is 5.56 Å². The molecule has 3 aromatic rings. The fourth-order valence-electron chi connectivity index (χ4n) is 2.18. The Bertz CT molecular complexity index is 843. The second-order valence-electron chi connectivity index (χ2n) is 4.94. The van der Waals surface area contributed by atoms with Gasteiger partial charge in [0.1, 0.15) is 0 Å². The van der Waals surface area contributed by atoms with Crippen molar-refractivity contribution in [3.8, 4) is 5.88 Å². The Morgan fingerprint density at radius 3 is 2.65 bits per heavy atom. The zero-order valence-electron chi connectivity index (χ0n) is 12.3. The monoisotopic (exact) mass is 325 g/mol. The molecule has 5 nitrogen and oxygen atoms in total. The van der Waals surface area contributed by atoms with Crippen molar-refractivity contribution in [2.45, 2.75) is 5.75 Å². The molecule has 0 saturated carbocycles. The quantitative estimate of drug-likeness (QED) is 0.682. The van der Waals surface area contributed by atoms with Gasteiger partial charge in [-0.3, -0.25) is 4.79 Å². The van der Waals surface area contributed by atoms with Gasteiger partial charge < -0.3 is 10.1 Å². The third kappa shape index (κ3) is 3.78. The van der Waals surface area contributed by atoms with E-state index in [1.54, 1.807) is 0 Å². The van der Waals surface area contributed by atoms with Gasteiger partial charge in [0.2, 0.25) is 5.88 Å². The SMILES string of the molecule is O=C(CSCc1ccccc1)N=Nc1c(O)[nH]c2ccccc12. The number of carbonyl (C=O) groups is 1. The van der Waals surface area contributed by atoms with E-state index >= 15 is 0 Å². The number of para-hydroxylation sites is 1. The summed E-state index contributed by atoms with van der Waals surface area (Å²) in [7, 11) is 0. The summed E-state index contributed by atoms with van der Waals surface area (Å²) >= 11 is 1.49. The van der Waals surface area contributed by atoms with Crippen LogP contribution in [-0.2, 0) is 10.5 Å². The first kappa shape index (κ1) is 15.3. The molecule has 0 unspecified atom stereocenters. The Morgan fingerprint density at radius 2 is 1.83 bits per heavy atom. The number of benzene rings is 2. The number of aromatic amines is 1. The van der Waals surface area contributed by atoms with Crippen LogP contribution in [-0.4, -0.2) is 21.8 Å². The maximum atomic E-state index is 11.8. The van der Waals surface area contributed by atoms with Crippen molar-refractivity contribution in [1.82, 2.24) is 4.98 Å². The maximum Gasteiger partial charge on any atom is 0.274 e. The van der Waals surface area contributed by atoms with Crippen LogP contribution in [0.15, 0.2) is 64.8 Å². The first-order chi connectivity index (χ1) is 11.2. The van der Waals surface area contributed by atoms with Gasteiger partial charge >= 0.3 is 0 Å². The number of nitrogens with zero attached hydrogens (tertiary/aromatic N) is 2. The smallest absolute Gasteiger partial charge is 0.274 e. The molecule has 0 bridgehead atoms. The van der Waals surface area contributed by atoms with Crippen molar-refractivity contribution >= 4 is 34.3 Å². The van der Waals surface area contributed by atoms with E-state index in [9.17, 15) is 9.90 Å². The zero-order chi connectivity index (χ0) is 16.1. The van der Waals surface area contributed by atoms with Gasteiger partial charge in [-0.05, 0) is 11.6 Å². The summed E-state index contributed by atoms with van der Waals surface area (Å²) in [5, 5.41) is 18.2. The van der Waals surface area contributed by atoms with Gasteiger partial charge in [-0.2, -0.15) is 0 Å². The van der Waals surface area contributed by atoms with E-state index in [-0.39, 0.29) is 17.5 Å². The van der Waals surface area contributed by atoms with Crippen LogP contribution in [0, 0.1) is 0 Å². The molecule has 0 radical (unpaired) electrons. The fourth-order valence-corrected chi connectivity index (χ4v) is 2.94. The topological polar surface area (TPSA) is 77.8 Å².